The zero-order chi connectivity index (χ0) is 20.5. The average Bonchev–Trinajstić information content (AvgIpc) is 3.18. The number of nitrogens with zero attached hydrogens (tertiary/aromatic N) is 1. The van der Waals surface area contributed by atoms with E-state index in [0.29, 0.717) is 48.6 Å². The van der Waals surface area contributed by atoms with Gasteiger partial charge in [0.15, 0.2) is 23.2 Å². The summed E-state index contributed by atoms with van der Waals surface area (Å²) in [5.74, 6) is 2.36. The summed E-state index contributed by atoms with van der Waals surface area (Å²) in [7, 11) is 4.70. The molecule has 0 saturated carbocycles. The number of primary amides is 1. The molecule has 0 spiro atoms. The number of guanidine groups is 1. The molecule has 0 atom stereocenters. The van der Waals surface area contributed by atoms with E-state index in [0.717, 1.165) is 5.56 Å². The smallest absolute Gasteiger partial charge is 0.284 e. The predicted octanol–water partition coefficient (Wildman–Crippen LogP) is 2.28. The van der Waals surface area contributed by atoms with Crippen LogP contribution in [-0.4, -0.2) is 39.7 Å². The Labute approximate surface area is 187 Å². The van der Waals surface area contributed by atoms with Gasteiger partial charge < -0.3 is 35.0 Å². The highest BCUT2D eigenvalue weighted by atomic mass is 127. The van der Waals surface area contributed by atoms with Gasteiger partial charge in [0.2, 0.25) is 5.75 Å². The Morgan fingerprint density at radius 3 is 2.24 bits per heavy atom. The number of carbonyl (C=O) groups is 1. The molecule has 0 unspecified atom stereocenters. The molecule has 29 heavy (non-hydrogen) atoms. The summed E-state index contributed by atoms with van der Waals surface area (Å²) in [6.07, 6.45) is 0. The van der Waals surface area contributed by atoms with Gasteiger partial charge in [0.05, 0.1) is 34.4 Å². The normalized spacial score (nSPS) is 10.7. The second-order valence-corrected chi connectivity index (χ2v) is 5.71. The van der Waals surface area contributed by atoms with Crippen molar-refractivity contribution in [3.8, 4) is 17.2 Å². The van der Waals surface area contributed by atoms with Gasteiger partial charge >= 0.3 is 0 Å². The molecule has 0 bridgehead atoms. The maximum Gasteiger partial charge on any atom is 0.284 e. The Bertz CT molecular complexity index is 813. The molecule has 9 nitrogen and oxygen atoms in total. The first kappa shape index (κ1) is 24.4. The molecule has 10 heteroatoms. The lowest BCUT2D eigenvalue weighted by molar-refractivity contribution is 0.0972. The van der Waals surface area contributed by atoms with Crippen LogP contribution in [0.15, 0.2) is 33.7 Å². The lowest BCUT2D eigenvalue weighted by Crippen LogP contribution is -2.36. The second-order valence-electron chi connectivity index (χ2n) is 5.71. The Balaban J connectivity index is 0.00000420. The number of benzene rings is 1. The minimum atomic E-state index is -0.603. The summed E-state index contributed by atoms with van der Waals surface area (Å²) in [6, 6.07) is 6.93. The monoisotopic (exact) mass is 518 g/mol. The number of aliphatic imine (C=N–C) groups is 1. The van der Waals surface area contributed by atoms with E-state index in [1.165, 1.54) is 0 Å². The van der Waals surface area contributed by atoms with Gasteiger partial charge in [-0.2, -0.15) is 0 Å². The van der Waals surface area contributed by atoms with Crippen molar-refractivity contribution in [2.24, 2.45) is 10.7 Å². The molecule has 1 aromatic carbocycles. The minimum absolute atomic E-state index is 0. The van der Waals surface area contributed by atoms with Crippen LogP contribution in [0.3, 0.4) is 0 Å². The van der Waals surface area contributed by atoms with Crippen molar-refractivity contribution < 1.29 is 23.4 Å². The van der Waals surface area contributed by atoms with E-state index in [1.54, 1.807) is 33.5 Å². The van der Waals surface area contributed by atoms with Crippen LogP contribution in [0.1, 0.15) is 28.8 Å². The molecule has 2 rings (SSSR count). The number of rotatable bonds is 9. The number of hydrogen-bond donors (Lipinski definition) is 3. The van der Waals surface area contributed by atoms with E-state index >= 15 is 0 Å². The number of nitrogens with one attached hydrogen (secondary N) is 2. The Morgan fingerprint density at radius 1 is 1.10 bits per heavy atom. The van der Waals surface area contributed by atoms with Gasteiger partial charge in [-0.15, -0.1) is 24.0 Å². The number of amides is 1. The standard InChI is InChI=1S/C19H26N4O5.HI/c1-5-21-19(23-11-13-6-7-14(28-13)18(20)24)22-10-12-8-15(25-2)17(27-4)16(9-12)26-3;/h6-9H,5,10-11H2,1-4H3,(H2,20,24)(H2,21,22,23);1H. The highest BCUT2D eigenvalue weighted by molar-refractivity contribution is 14.0. The maximum absolute atomic E-state index is 11.1. The topological polar surface area (TPSA) is 120 Å². The molecule has 0 saturated heterocycles. The van der Waals surface area contributed by atoms with Crippen molar-refractivity contribution >= 4 is 35.8 Å². The lowest BCUT2D eigenvalue weighted by Gasteiger charge is -2.14. The predicted molar refractivity (Wildman–Crippen MR) is 120 cm³/mol. The molecule has 0 aliphatic rings. The summed E-state index contributed by atoms with van der Waals surface area (Å²) in [5, 5.41) is 6.30. The molecule has 1 aromatic heterocycles. The van der Waals surface area contributed by atoms with Crippen LogP contribution in [0.25, 0.3) is 0 Å². The highest BCUT2D eigenvalue weighted by Gasteiger charge is 2.13. The number of hydrogen-bond acceptors (Lipinski definition) is 6. The van der Waals surface area contributed by atoms with Crippen molar-refractivity contribution in [3.63, 3.8) is 0 Å². The third-order valence-electron chi connectivity index (χ3n) is 3.82. The Morgan fingerprint density at radius 2 is 1.76 bits per heavy atom. The van der Waals surface area contributed by atoms with Gasteiger partial charge in [0.25, 0.3) is 5.91 Å². The number of halogens is 1. The van der Waals surface area contributed by atoms with Crippen molar-refractivity contribution in [2.45, 2.75) is 20.0 Å². The SMILES string of the molecule is CCNC(=NCc1cc(OC)c(OC)c(OC)c1)NCc1ccc(C(N)=O)o1.I. The minimum Gasteiger partial charge on any atom is -0.493 e. The highest BCUT2D eigenvalue weighted by Crippen LogP contribution is 2.38. The van der Waals surface area contributed by atoms with Crippen LogP contribution in [-0.2, 0) is 13.1 Å². The van der Waals surface area contributed by atoms with Gasteiger partial charge in [-0.3, -0.25) is 4.79 Å². The number of carbonyl (C=O) groups excluding carboxylic acids is 1. The van der Waals surface area contributed by atoms with E-state index in [9.17, 15) is 4.79 Å². The summed E-state index contributed by atoms with van der Waals surface area (Å²) in [5.41, 5.74) is 6.08. The zero-order valence-electron chi connectivity index (χ0n) is 16.9. The molecule has 2 aromatic rings. The fourth-order valence-corrected chi connectivity index (χ4v) is 2.51. The van der Waals surface area contributed by atoms with E-state index in [-0.39, 0.29) is 29.7 Å². The summed E-state index contributed by atoms with van der Waals surface area (Å²) < 4.78 is 21.4. The molecular weight excluding hydrogens is 491 g/mol. The van der Waals surface area contributed by atoms with Gasteiger partial charge in [-0.1, -0.05) is 0 Å². The second kappa shape index (κ2) is 12.0. The fraction of sp³-hybridized carbons (Fsp3) is 0.368. The van der Waals surface area contributed by atoms with E-state index in [4.69, 9.17) is 24.4 Å². The molecule has 0 aliphatic heterocycles. The Kier molecular flexibility index (Phi) is 10.1. The molecule has 0 fully saturated rings. The molecule has 1 amide bonds. The zero-order valence-corrected chi connectivity index (χ0v) is 19.2. The molecular formula is C19H27IN4O5. The number of methoxy groups -OCH3 is 3. The molecule has 1 heterocycles. The van der Waals surface area contributed by atoms with Gasteiger partial charge in [0.1, 0.15) is 5.76 Å². The van der Waals surface area contributed by atoms with Gasteiger partial charge in [-0.05, 0) is 36.8 Å². The van der Waals surface area contributed by atoms with Crippen LogP contribution < -0.4 is 30.6 Å². The molecule has 0 aliphatic carbocycles. The van der Waals surface area contributed by atoms with E-state index in [1.807, 2.05) is 19.1 Å². The van der Waals surface area contributed by atoms with E-state index < -0.39 is 5.91 Å². The number of furan rings is 1. The molecule has 4 N–H and O–H groups in total. The van der Waals surface area contributed by atoms with E-state index in [2.05, 4.69) is 15.6 Å². The van der Waals surface area contributed by atoms with Crippen LogP contribution >= 0.6 is 24.0 Å². The molecule has 160 valence electrons. The first-order valence-electron chi connectivity index (χ1n) is 8.71. The van der Waals surface area contributed by atoms with Crippen LogP contribution in [0.4, 0.5) is 0 Å². The van der Waals surface area contributed by atoms with Crippen molar-refractivity contribution in [1.82, 2.24) is 10.6 Å². The van der Waals surface area contributed by atoms with Crippen LogP contribution in [0.5, 0.6) is 17.2 Å². The number of nitrogens with two attached hydrogens (primary N) is 1. The Hall–Kier alpha value is -2.63. The van der Waals surface area contributed by atoms with Crippen molar-refractivity contribution in [2.75, 3.05) is 27.9 Å². The summed E-state index contributed by atoms with van der Waals surface area (Å²) in [4.78, 5) is 15.7. The van der Waals surface area contributed by atoms with Gasteiger partial charge in [0, 0.05) is 6.54 Å². The third kappa shape index (κ3) is 6.73. The van der Waals surface area contributed by atoms with Crippen molar-refractivity contribution in [1.29, 1.82) is 0 Å². The molecule has 0 radical (unpaired) electrons. The quantitative estimate of drug-likeness (QED) is 0.265. The van der Waals surface area contributed by atoms with Crippen LogP contribution in [0.2, 0.25) is 0 Å². The fourth-order valence-electron chi connectivity index (χ4n) is 2.51. The maximum atomic E-state index is 11.1. The average molecular weight is 518 g/mol. The van der Waals surface area contributed by atoms with Crippen LogP contribution in [0, 0.1) is 0 Å². The summed E-state index contributed by atoms with van der Waals surface area (Å²) in [6.45, 7) is 3.39. The lowest BCUT2D eigenvalue weighted by atomic mass is 10.2. The first-order chi connectivity index (χ1) is 13.5. The summed E-state index contributed by atoms with van der Waals surface area (Å²) >= 11 is 0. The largest absolute Gasteiger partial charge is 0.493 e. The first-order valence-corrected chi connectivity index (χ1v) is 8.71. The van der Waals surface area contributed by atoms with Gasteiger partial charge in [-0.25, -0.2) is 4.99 Å². The third-order valence-corrected chi connectivity index (χ3v) is 3.82. The number of ether oxygens (including phenoxy) is 3. The van der Waals surface area contributed by atoms with Crippen molar-refractivity contribution in [3.05, 3.63) is 41.3 Å².